The van der Waals surface area contributed by atoms with E-state index in [0.29, 0.717) is 36.4 Å². The molecule has 0 saturated carbocycles. The maximum atomic E-state index is 12.7. The molecule has 0 bridgehead atoms. The molecule has 1 heterocycles. The highest BCUT2D eigenvalue weighted by Gasteiger charge is 2.28. The van der Waals surface area contributed by atoms with E-state index < -0.39 is 10.0 Å². The molecule has 0 aliphatic carbocycles. The molecule has 1 aromatic rings. The van der Waals surface area contributed by atoms with Crippen LogP contribution in [-0.2, 0) is 16.6 Å². The molecule has 1 aromatic carbocycles. The lowest BCUT2D eigenvalue weighted by molar-refractivity contribution is 0.341. The fraction of sp³-hybridized carbons (Fsp3) is 0.625. The van der Waals surface area contributed by atoms with E-state index in [1.54, 1.807) is 28.6 Å². The Kier molecular flexibility index (Phi) is 5.41. The van der Waals surface area contributed by atoms with Crippen molar-refractivity contribution < 1.29 is 8.42 Å². The summed E-state index contributed by atoms with van der Waals surface area (Å²) in [6, 6.07) is 6.92. The first kappa shape index (κ1) is 16.5. The smallest absolute Gasteiger partial charge is 0.243 e. The third kappa shape index (κ3) is 3.84. The molecule has 5 heteroatoms. The van der Waals surface area contributed by atoms with Crippen molar-refractivity contribution >= 4 is 10.0 Å². The summed E-state index contributed by atoms with van der Waals surface area (Å²) >= 11 is 0. The lowest BCUT2D eigenvalue weighted by Gasteiger charge is -2.21. The normalized spacial score (nSPS) is 21.4. The van der Waals surface area contributed by atoms with Gasteiger partial charge in [0.15, 0.2) is 0 Å². The first-order valence-corrected chi connectivity index (χ1v) is 9.18. The SMILES string of the molecule is CC(C)C1CCCN(S(=O)(=O)c2ccc(CN)cc2)CC1. The van der Waals surface area contributed by atoms with E-state index in [1.165, 1.54) is 0 Å². The standard InChI is InChI=1S/C16H26N2O2S/c1-13(2)15-4-3-10-18(11-9-15)21(19,20)16-7-5-14(12-17)6-8-16/h5-8,13,15H,3-4,9-12,17H2,1-2H3. The molecular weight excluding hydrogens is 284 g/mol. The summed E-state index contributed by atoms with van der Waals surface area (Å²) in [7, 11) is -3.37. The fourth-order valence-corrected chi connectivity index (χ4v) is 4.44. The highest BCUT2D eigenvalue weighted by atomic mass is 32.2. The van der Waals surface area contributed by atoms with Crippen molar-refractivity contribution in [1.82, 2.24) is 4.31 Å². The Morgan fingerprint density at radius 1 is 1.19 bits per heavy atom. The predicted octanol–water partition coefficient (Wildman–Crippen LogP) is 2.59. The van der Waals surface area contributed by atoms with Gasteiger partial charge in [-0.15, -0.1) is 0 Å². The zero-order valence-electron chi connectivity index (χ0n) is 13.0. The lowest BCUT2D eigenvalue weighted by atomic mass is 9.89. The third-order valence-corrected chi connectivity index (χ3v) is 6.38. The van der Waals surface area contributed by atoms with Crippen LogP contribution in [0, 0.1) is 11.8 Å². The van der Waals surface area contributed by atoms with Gasteiger partial charge in [0.2, 0.25) is 10.0 Å². The van der Waals surface area contributed by atoms with Crippen LogP contribution < -0.4 is 5.73 Å². The van der Waals surface area contributed by atoms with E-state index in [9.17, 15) is 8.42 Å². The Hall–Kier alpha value is -0.910. The summed E-state index contributed by atoms with van der Waals surface area (Å²) in [5.74, 6) is 1.25. The molecule has 1 aliphatic rings. The molecule has 0 radical (unpaired) electrons. The van der Waals surface area contributed by atoms with Crippen molar-refractivity contribution in [3.05, 3.63) is 29.8 Å². The van der Waals surface area contributed by atoms with Crippen LogP contribution in [0.15, 0.2) is 29.2 Å². The van der Waals surface area contributed by atoms with Crippen LogP contribution in [0.3, 0.4) is 0 Å². The summed E-state index contributed by atoms with van der Waals surface area (Å²) in [4.78, 5) is 0.377. The van der Waals surface area contributed by atoms with Crippen LogP contribution in [-0.4, -0.2) is 25.8 Å². The first-order chi connectivity index (χ1) is 9.95. The minimum Gasteiger partial charge on any atom is -0.326 e. The zero-order chi connectivity index (χ0) is 15.5. The Morgan fingerprint density at radius 3 is 2.43 bits per heavy atom. The summed E-state index contributed by atoms with van der Waals surface area (Å²) < 4.78 is 27.1. The molecule has 2 N–H and O–H groups in total. The maximum Gasteiger partial charge on any atom is 0.243 e. The van der Waals surface area contributed by atoms with E-state index in [1.807, 2.05) is 0 Å². The molecule has 21 heavy (non-hydrogen) atoms. The molecule has 4 nitrogen and oxygen atoms in total. The molecule has 1 atom stereocenters. The predicted molar refractivity (Wildman–Crippen MR) is 85.3 cm³/mol. The van der Waals surface area contributed by atoms with E-state index in [-0.39, 0.29) is 0 Å². The lowest BCUT2D eigenvalue weighted by Crippen LogP contribution is -2.32. The topological polar surface area (TPSA) is 63.4 Å². The summed E-state index contributed by atoms with van der Waals surface area (Å²) in [6.07, 6.45) is 3.02. The minimum atomic E-state index is -3.37. The minimum absolute atomic E-state index is 0.377. The number of sulfonamides is 1. The molecule has 0 amide bonds. The highest BCUT2D eigenvalue weighted by Crippen LogP contribution is 2.27. The summed E-state index contributed by atoms with van der Waals surface area (Å²) in [6.45, 7) is 6.13. The Morgan fingerprint density at radius 2 is 1.86 bits per heavy atom. The van der Waals surface area contributed by atoms with E-state index in [0.717, 1.165) is 24.8 Å². The Bertz CT molecular complexity index is 552. The van der Waals surface area contributed by atoms with Gasteiger partial charge in [-0.2, -0.15) is 4.31 Å². The van der Waals surface area contributed by atoms with Crippen molar-refractivity contribution in [3.8, 4) is 0 Å². The summed E-state index contributed by atoms with van der Waals surface area (Å²) in [5.41, 5.74) is 6.50. The summed E-state index contributed by atoms with van der Waals surface area (Å²) in [5, 5.41) is 0. The van der Waals surface area contributed by atoms with Gasteiger partial charge >= 0.3 is 0 Å². The van der Waals surface area contributed by atoms with Gasteiger partial charge < -0.3 is 5.73 Å². The molecule has 1 fully saturated rings. The molecule has 118 valence electrons. The van der Waals surface area contributed by atoms with Crippen molar-refractivity contribution in [2.75, 3.05) is 13.1 Å². The van der Waals surface area contributed by atoms with E-state index in [4.69, 9.17) is 5.73 Å². The van der Waals surface area contributed by atoms with Crippen molar-refractivity contribution in [2.24, 2.45) is 17.6 Å². The van der Waals surface area contributed by atoms with Crippen molar-refractivity contribution in [1.29, 1.82) is 0 Å². The molecule has 2 rings (SSSR count). The van der Waals surface area contributed by atoms with Crippen LogP contribution in [0.2, 0.25) is 0 Å². The first-order valence-electron chi connectivity index (χ1n) is 7.74. The fourth-order valence-electron chi connectivity index (χ4n) is 2.95. The molecule has 1 aliphatic heterocycles. The van der Waals surface area contributed by atoms with Gasteiger partial charge in [0, 0.05) is 19.6 Å². The monoisotopic (exact) mass is 310 g/mol. The number of benzene rings is 1. The van der Waals surface area contributed by atoms with Crippen LogP contribution in [0.4, 0.5) is 0 Å². The van der Waals surface area contributed by atoms with Crippen LogP contribution >= 0.6 is 0 Å². The van der Waals surface area contributed by atoms with Gasteiger partial charge in [0.05, 0.1) is 4.90 Å². The number of nitrogens with zero attached hydrogens (tertiary/aromatic N) is 1. The van der Waals surface area contributed by atoms with Gasteiger partial charge in [-0.05, 0) is 48.8 Å². The second-order valence-electron chi connectivity index (χ2n) is 6.19. The third-order valence-electron chi connectivity index (χ3n) is 4.47. The Labute approximate surface area is 128 Å². The van der Waals surface area contributed by atoms with Crippen LogP contribution in [0.5, 0.6) is 0 Å². The average Bonchev–Trinajstić information content (AvgIpc) is 2.73. The largest absolute Gasteiger partial charge is 0.326 e. The van der Waals surface area contributed by atoms with Crippen LogP contribution in [0.25, 0.3) is 0 Å². The zero-order valence-corrected chi connectivity index (χ0v) is 13.8. The second-order valence-corrected chi connectivity index (χ2v) is 8.13. The quantitative estimate of drug-likeness (QED) is 0.929. The Balaban J connectivity index is 2.15. The molecule has 1 saturated heterocycles. The van der Waals surface area contributed by atoms with Crippen molar-refractivity contribution in [2.45, 2.75) is 44.6 Å². The van der Waals surface area contributed by atoms with Crippen LogP contribution in [0.1, 0.15) is 38.7 Å². The van der Waals surface area contributed by atoms with Gasteiger partial charge in [-0.1, -0.05) is 26.0 Å². The number of nitrogens with two attached hydrogens (primary N) is 1. The highest BCUT2D eigenvalue weighted by molar-refractivity contribution is 7.89. The second kappa shape index (κ2) is 6.90. The van der Waals surface area contributed by atoms with Gasteiger partial charge in [-0.3, -0.25) is 0 Å². The molecule has 0 spiro atoms. The van der Waals surface area contributed by atoms with E-state index in [2.05, 4.69) is 13.8 Å². The molecule has 0 aromatic heterocycles. The average molecular weight is 310 g/mol. The number of hydrogen-bond acceptors (Lipinski definition) is 3. The van der Waals surface area contributed by atoms with Crippen molar-refractivity contribution in [3.63, 3.8) is 0 Å². The molecular formula is C16H26N2O2S. The van der Waals surface area contributed by atoms with Gasteiger partial charge in [0.1, 0.15) is 0 Å². The van der Waals surface area contributed by atoms with Gasteiger partial charge in [-0.25, -0.2) is 8.42 Å². The number of rotatable bonds is 4. The van der Waals surface area contributed by atoms with E-state index >= 15 is 0 Å². The molecule has 1 unspecified atom stereocenters. The van der Waals surface area contributed by atoms with Gasteiger partial charge in [0.25, 0.3) is 0 Å². The maximum absolute atomic E-state index is 12.7. The number of hydrogen-bond donors (Lipinski definition) is 1.